The van der Waals surface area contributed by atoms with E-state index in [-0.39, 0.29) is 11.3 Å². The molecule has 1 N–H and O–H groups in total. The van der Waals surface area contributed by atoms with Gasteiger partial charge in [-0.2, -0.15) is 0 Å². The standard InChI is InChI=1S/C17H24BrNO/c1-13-5-6-14(2)15(9-13)10-16(20)19-12-17(11-18)7-3-4-8-17/h5-6,9H,3-4,7-8,10-12H2,1-2H3,(H,19,20). The Morgan fingerprint density at radius 3 is 2.65 bits per heavy atom. The van der Waals surface area contributed by atoms with Crippen LogP contribution in [0.25, 0.3) is 0 Å². The fourth-order valence-corrected chi connectivity index (χ4v) is 3.75. The summed E-state index contributed by atoms with van der Waals surface area (Å²) in [5.74, 6) is 0.144. The smallest absolute Gasteiger partial charge is 0.224 e. The van der Waals surface area contributed by atoms with Crippen LogP contribution in [-0.4, -0.2) is 17.8 Å². The van der Waals surface area contributed by atoms with Gasteiger partial charge in [0, 0.05) is 11.9 Å². The number of amides is 1. The largest absolute Gasteiger partial charge is 0.355 e. The van der Waals surface area contributed by atoms with Crippen molar-refractivity contribution in [2.45, 2.75) is 46.0 Å². The number of hydrogen-bond donors (Lipinski definition) is 1. The summed E-state index contributed by atoms with van der Waals surface area (Å²) in [5, 5.41) is 4.13. The molecule has 3 heteroatoms. The van der Waals surface area contributed by atoms with Crippen molar-refractivity contribution in [3.63, 3.8) is 0 Å². The Labute approximate surface area is 130 Å². The van der Waals surface area contributed by atoms with E-state index in [1.807, 2.05) is 0 Å². The first kappa shape index (κ1) is 15.6. The maximum absolute atomic E-state index is 12.2. The lowest BCUT2D eigenvalue weighted by molar-refractivity contribution is -0.120. The van der Waals surface area contributed by atoms with Gasteiger partial charge in [-0.05, 0) is 43.2 Å². The van der Waals surface area contributed by atoms with Crippen LogP contribution in [0.1, 0.15) is 42.4 Å². The van der Waals surface area contributed by atoms with Gasteiger partial charge in [-0.15, -0.1) is 0 Å². The fourth-order valence-electron chi connectivity index (χ4n) is 2.99. The van der Waals surface area contributed by atoms with E-state index in [2.05, 4.69) is 53.3 Å². The van der Waals surface area contributed by atoms with E-state index in [1.54, 1.807) is 0 Å². The Kier molecular flexibility index (Phi) is 5.25. The molecule has 20 heavy (non-hydrogen) atoms. The normalized spacial score (nSPS) is 17.1. The number of benzene rings is 1. The predicted octanol–water partition coefficient (Wildman–Crippen LogP) is 3.92. The quantitative estimate of drug-likeness (QED) is 0.810. The fraction of sp³-hybridized carbons (Fsp3) is 0.588. The highest BCUT2D eigenvalue weighted by atomic mass is 79.9. The lowest BCUT2D eigenvalue weighted by atomic mass is 9.88. The Balaban J connectivity index is 1.91. The highest BCUT2D eigenvalue weighted by Gasteiger charge is 2.32. The summed E-state index contributed by atoms with van der Waals surface area (Å²) in [6.07, 6.45) is 5.52. The van der Waals surface area contributed by atoms with Gasteiger partial charge in [0.1, 0.15) is 0 Å². The van der Waals surface area contributed by atoms with Crippen molar-refractivity contribution in [3.05, 3.63) is 34.9 Å². The Bertz CT molecular complexity index is 478. The first-order valence-electron chi connectivity index (χ1n) is 7.43. The van der Waals surface area contributed by atoms with E-state index >= 15 is 0 Å². The van der Waals surface area contributed by atoms with E-state index in [4.69, 9.17) is 0 Å². The zero-order valence-electron chi connectivity index (χ0n) is 12.5. The van der Waals surface area contributed by atoms with Crippen molar-refractivity contribution in [1.82, 2.24) is 5.32 Å². The third-order valence-corrected chi connectivity index (χ3v) is 5.65. The molecule has 0 aromatic heterocycles. The molecule has 2 nitrogen and oxygen atoms in total. The van der Waals surface area contributed by atoms with Crippen LogP contribution in [0, 0.1) is 19.3 Å². The molecule has 0 unspecified atom stereocenters. The molecule has 1 aromatic carbocycles. The topological polar surface area (TPSA) is 29.1 Å². The maximum atomic E-state index is 12.2. The summed E-state index contributed by atoms with van der Waals surface area (Å²) in [7, 11) is 0. The van der Waals surface area contributed by atoms with Gasteiger partial charge >= 0.3 is 0 Å². The average Bonchev–Trinajstić information content (AvgIpc) is 2.90. The number of hydrogen-bond acceptors (Lipinski definition) is 1. The molecule has 0 radical (unpaired) electrons. The lowest BCUT2D eigenvalue weighted by Crippen LogP contribution is -2.37. The second-order valence-electron chi connectivity index (χ2n) is 6.22. The molecule has 1 amide bonds. The Morgan fingerprint density at radius 2 is 2.00 bits per heavy atom. The van der Waals surface area contributed by atoms with Gasteiger partial charge in [0.15, 0.2) is 0 Å². The van der Waals surface area contributed by atoms with Crippen LogP contribution >= 0.6 is 15.9 Å². The first-order chi connectivity index (χ1) is 9.54. The van der Waals surface area contributed by atoms with Gasteiger partial charge in [-0.1, -0.05) is 52.5 Å². The van der Waals surface area contributed by atoms with E-state index in [9.17, 15) is 4.79 Å². The van der Waals surface area contributed by atoms with Gasteiger partial charge in [0.2, 0.25) is 5.91 Å². The molecule has 0 bridgehead atoms. The molecule has 0 spiro atoms. The number of rotatable bonds is 5. The second kappa shape index (κ2) is 6.75. The molecule has 2 rings (SSSR count). The number of carbonyl (C=O) groups excluding carboxylic acids is 1. The number of carbonyl (C=O) groups is 1. The van der Waals surface area contributed by atoms with E-state index in [0.717, 1.165) is 17.4 Å². The molecule has 110 valence electrons. The predicted molar refractivity (Wildman–Crippen MR) is 87.3 cm³/mol. The minimum absolute atomic E-state index is 0.144. The Hall–Kier alpha value is -0.830. The van der Waals surface area contributed by atoms with Gasteiger partial charge in [0.05, 0.1) is 6.42 Å². The minimum Gasteiger partial charge on any atom is -0.355 e. The molecule has 0 atom stereocenters. The summed E-state index contributed by atoms with van der Waals surface area (Å²) in [6.45, 7) is 4.94. The second-order valence-corrected chi connectivity index (χ2v) is 6.78. The van der Waals surface area contributed by atoms with Gasteiger partial charge < -0.3 is 5.32 Å². The maximum Gasteiger partial charge on any atom is 0.224 e. The van der Waals surface area contributed by atoms with E-state index < -0.39 is 0 Å². The van der Waals surface area contributed by atoms with Gasteiger partial charge in [0.25, 0.3) is 0 Å². The first-order valence-corrected chi connectivity index (χ1v) is 8.56. The molecule has 1 aromatic rings. The van der Waals surface area contributed by atoms with Gasteiger partial charge in [-0.3, -0.25) is 4.79 Å². The Morgan fingerprint density at radius 1 is 1.30 bits per heavy atom. The van der Waals surface area contributed by atoms with Crippen LogP contribution in [0.15, 0.2) is 18.2 Å². The molecule has 1 aliphatic rings. The molecule has 0 aliphatic heterocycles. The number of alkyl halides is 1. The molecule has 0 heterocycles. The monoisotopic (exact) mass is 337 g/mol. The zero-order chi connectivity index (χ0) is 14.6. The van der Waals surface area contributed by atoms with Crippen LogP contribution in [0.2, 0.25) is 0 Å². The van der Waals surface area contributed by atoms with E-state index in [1.165, 1.54) is 36.8 Å². The summed E-state index contributed by atoms with van der Waals surface area (Å²) >= 11 is 3.62. The van der Waals surface area contributed by atoms with Crippen molar-refractivity contribution in [3.8, 4) is 0 Å². The van der Waals surface area contributed by atoms with Crippen molar-refractivity contribution in [2.24, 2.45) is 5.41 Å². The van der Waals surface area contributed by atoms with Crippen molar-refractivity contribution < 1.29 is 4.79 Å². The summed E-state index contributed by atoms with van der Waals surface area (Å²) < 4.78 is 0. The van der Waals surface area contributed by atoms with Crippen LogP contribution < -0.4 is 5.32 Å². The lowest BCUT2D eigenvalue weighted by Gasteiger charge is -2.26. The van der Waals surface area contributed by atoms with E-state index in [0.29, 0.717) is 6.42 Å². The molecule has 1 saturated carbocycles. The molecule has 1 fully saturated rings. The minimum atomic E-state index is 0.144. The number of aryl methyl sites for hydroxylation is 2. The van der Waals surface area contributed by atoms with Crippen LogP contribution in [0.5, 0.6) is 0 Å². The molecule has 0 saturated heterocycles. The zero-order valence-corrected chi connectivity index (χ0v) is 14.1. The van der Waals surface area contributed by atoms with Crippen molar-refractivity contribution >= 4 is 21.8 Å². The molecular weight excluding hydrogens is 314 g/mol. The summed E-state index contributed by atoms with van der Waals surface area (Å²) in [6, 6.07) is 6.30. The highest BCUT2D eigenvalue weighted by Crippen LogP contribution is 2.38. The van der Waals surface area contributed by atoms with Crippen LogP contribution in [-0.2, 0) is 11.2 Å². The number of halogens is 1. The molecule has 1 aliphatic carbocycles. The summed E-state index contributed by atoms with van der Waals surface area (Å²) in [4.78, 5) is 12.2. The molecular formula is C17H24BrNO. The highest BCUT2D eigenvalue weighted by molar-refractivity contribution is 9.09. The van der Waals surface area contributed by atoms with Crippen LogP contribution in [0.4, 0.5) is 0 Å². The third kappa shape index (κ3) is 3.85. The third-order valence-electron chi connectivity index (χ3n) is 4.46. The number of nitrogens with one attached hydrogen (secondary N) is 1. The summed E-state index contributed by atoms with van der Waals surface area (Å²) in [5.41, 5.74) is 3.84. The SMILES string of the molecule is Cc1ccc(C)c(CC(=O)NCC2(CBr)CCCC2)c1. The van der Waals surface area contributed by atoms with Crippen molar-refractivity contribution in [2.75, 3.05) is 11.9 Å². The van der Waals surface area contributed by atoms with Crippen LogP contribution in [0.3, 0.4) is 0 Å². The van der Waals surface area contributed by atoms with Gasteiger partial charge in [-0.25, -0.2) is 0 Å². The average molecular weight is 338 g/mol. The van der Waals surface area contributed by atoms with Crippen molar-refractivity contribution in [1.29, 1.82) is 0 Å².